The number of aliphatic carboxylic acids is 1. The van der Waals surface area contributed by atoms with Crippen molar-refractivity contribution in [2.45, 2.75) is 17.4 Å². The van der Waals surface area contributed by atoms with Gasteiger partial charge in [-0.3, -0.25) is 4.79 Å². The molecule has 0 aromatic heterocycles. The average molecular weight is 341 g/mol. The van der Waals surface area contributed by atoms with Crippen molar-refractivity contribution >= 4 is 40.9 Å². The first-order valence-corrected chi connectivity index (χ1v) is 8.19. The van der Waals surface area contributed by atoms with Crippen LogP contribution in [0.3, 0.4) is 0 Å². The molecule has 2 aromatic rings. The predicted molar refractivity (Wildman–Crippen MR) is 89.3 cm³/mol. The van der Waals surface area contributed by atoms with Crippen molar-refractivity contribution in [3.63, 3.8) is 0 Å². The molecule has 0 saturated heterocycles. The Kier molecular flexibility index (Phi) is 5.97. The number of benzene rings is 2. The van der Waals surface area contributed by atoms with E-state index in [0.717, 1.165) is 11.1 Å². The van der Waals surface area contributed by atoms with Crippen LogP contribution >= 0.6 is 35.0 Å². The van der Waals surface area contributed by atoms with Gasteiger partial charge in [0.05, 0.1) is 10.0 Å². The minimum atomic E-state index is -0.818. The zero-order valence-corrected chi connectivity index (χ0v) is 13.5. The Bertz CT molecular complexity index is 617. The van der Waals surface area contributed by atoms with Crippen LogP contribution in [0.1, 0.15) is 11.1 Å². The van der Waals surface area contributed by atoms with E-state index in [9.17, 15) is 9.90 Å². The lowest BCUT2D eigenvalue weighted by atomic mass is 10.1. The predicted octanol–water partition coefficient (Wildman–Crippen LogP) is 4.92. The molecule has 0 aliphatic carbocycles. The maximum atomic E-state index is 11.4. The molecule has 0 aliphatic heterocycles. The van der Waals surface area contributed by atoms with Crippen LogP contribution in [0, 0.1) is 0 Å². The molecule has 2 rings (SSSR count). The van der Waals surface area contributed by atoms with Crippen LogP contribution in [0.2, 0.25) is 10.0 Å². The van der Waals surface area contributed by atoms with E-state index in [0.29, 0.717) is 22.2 Å². The third-order valence-corrected chi connectivity index (χ3v) is 5.12. The zero-order valence-electron chi connectivity index (χ0n) is 11.1. The Morgan fingerprint density at radius 1 is 1.10 bits per heavy atom. The summed E-state index contributed by atoms with van der Waals surface area (Å²) in [5.74, 6) is -0.301. The minimum Gasteiger partial charge on any atom is -0.480 e. The van der Waals surface area contributed by atoms with Gasteiger partial charge >= 0.3 is 5.97 Å². The topological polar surface area (TPSA) is 37.3 Å². The third-order valence-electron chi connectivity index (χ3n) is 3.01. The highest BCUT2D eigenvalue weighted by molar-refractivity contribution is 7.99. The van der Waals surface area contributed by atoms with E-state index < -0.39 is 11.2 Å². The molecule has 110 valence electrons. The van der Waals surface area contributed by atoms with Crippen LogP contribution in [-0.4, -0.2) is 16.3 Å². The summed E-state index contributed by atoms with van der Waals surface area (Å²) in [6, 6.07) is 15.0. The van der Waals surface area contributed by atoms with Gasteiger partial charge in [0.15, 0.2) is 0 Å². The lowest BCUT2D eigenvalue weighted by Gasteiger charge is -2.13. The summed E-state index contributed by atoms with van der Waals surface area (Å²) >= 11 is 13.4. The van der Waals surface area contributed by atoms with Gasteiger partial charge in [-0.15, -0.1) is 11.8 Å². The fraction of sp³-hybridized carbons (Fsp3) is 0.188. The van der Waals surface area contributed by atoms with Gasteiger partial charge in [0.25, 0.3) is 0 Å². The van der Waals surface area contributed by atoms with Crippen LogP contribution in [0.5, 0.6) is 0 Å². The molecule has 0 heterocycles. The molecule has 1 unspecified atom stereocenters. The molecule has 1 atom stereocenters. The van der Waals surface area contributed by atoms with Gasteiger partial charge in [-0.05, 0) is 23.6 Å². The number of halogens is 2. The van der Waals surface area contributed by atoms with E-state index >= 15 is 0 Å². The van der Waals surface area contributed by atoms with Gasteiger partial charge in [0.1, 0.15) is 5.25 Å². The second kappa shape index (κ2) is 7.74. The summed E-state index contributed by atoms with van der Waals surface area (Å²) in [5, 5.41) is 9.83. The average Bonchev–Trinajstić information content (AvgIpc) is 2.48. The molecule has 0 spiro atoms. The molecule has 0 bridgehead atoms. The van der Waals surface area contributed by atoms with Crippen LogP contribution in [0.4, 0.5) is 0 Å². The summed E-state index contributed by atoms with van der Waals surface area (Å²) in [6.45, 7) is 0. The Hall–Kier alpha value is -1.16. The van der Waals surface area contributed by atoms with E-state index in [4.69, 9.17) is 23.2 Å². The molecule has 2 nitrogen and oxygen atoms in total. The van der Waals surface area contributed by atoms with Crippen LogP contribution in [0.15, 0.2) is 48.5 Å². The molecule has 2 aromatic carbocycles. The SMILES string of the molecule is O=C(O)C(Cc1ccccc1)SCc1cccc(Cl)c1Cl. The van der Waals surface area contributed by atoms with Crippen molar-refractivity contribution in [3.8, 4) is 0 Å². The Morgan fingerprint density at radius 2 is 1.81 bits per heavy atom. The second-order valence-corrected chi connectivity index (χ2v) is 6.52. The highest BCUT2D eigenvalue weighted by Crippen LogP contribution is 2.30. The van der Waals surface area contributed by atoms with E-state index in [-0.39, 0.29) is 0 Å². The van der Waals surface area contributed by atoms with Gasteiger partial charge in [0.2, 0.25) is 0 Å². The number of thioether (sulfide) groups is 1. The summed E-state index contributed by atoms with van der Waals surface area (Å²) < 4.78 is 0. The first-order chi connectivity index (χ1) is 10.1. The van der Waals surface area contributed by atoms with Crippen molar-refractivity contribution in [1.82, 2.24) is 0 Å². The number of carbonyl (C=O) groups is 1. The smallest absolute Gasteiger partial charge is 0.316 e. The summed E-state index contributed by atoms with van der Waals surface area (Å²) in [6.07, 6.45) is 0.485. The van der Waals surface area contributed by atoms with Gasteiger partial charge in [-0.25, -0.2) is 0 Å². The molecule has 21 heavy (non-hydrogen) atoms. The van der Waals surface area contributed by atoms with E-state index in [1.54, 1.807) is 6.07 Å². The minimum absolute atomic E-state index is 0.485. The number of carboxylic acids is 1. The molecule has 0 amide bonds. The fourth-order valence-corrected chi connectivity index (χ4v) is 3.44. The Morgan fingerprint density at radius 3 is 2.48 bits per heavy atom. The van der Waals surface area contributed by atoms with Crippen LogP contribution < -0.4 is 0 Å². The highest BCUT2D eigenvalue weighted by Gasteiger charge is 2.19. The van der Waals surface area contributed by atoms with Gasteiger partial charge < -0.3 is 5.11 Å². The molecular formula is C16H14Cl2O2S. The second-order valence-electron chi connectivity index (χ2n) is 4.54. The number of hydrogen-bond acceptors (Lipinski definition) is 2. The quantitative estimate of drug-likeness (QED) is 0.810. The maximum absolute atomic E-state index is 11.4. The summed E-state index contributed by atoms with van der Waals surface area (Å²) in [7, 11) is 0. The molecule has 0 fully saturated rings. The molecule has 0 saturated carbocycles. The van der Waals surface area contributed by atoms with E-state index in [1.807, 2.05) is 42.5 Å². The van der Waals surface area contributed by atoms with Crippen molar-refractivity contribution in [1.29, 1.82) is 0 Å². The number of rotatable bonds is 6. The van der Waals surface area contributed by atoms with E-state index in [1.165, 1.54) is 11.8 Å². The van der Waals surface area contributed by atoms with Crippen LogP contribution in [0.25, 0.3) is 0 Å². The van der Waals surface area contributed by atoms with Gasteiger partial charge in [-0.1, -0.05) is 65.7 Å². The standard InChI is InChI=1S/C16H14Cl2O2S/c17-13-8-4-7-12(15(13)18)10-21-14(16(19)20)9-11-5-2-1-3-6-11/h1-8,14H,9-10H2,(H,19,20). The Labute approximate surface area is 138 Å². The fourth-order valence-electron chi connectivity index (χ4n) is 1.90. The van der Waals surface area contributed by atoms with Crippen molar-refractivity contribution < 1.29 is 9.90 Å². The van der Waals surface area contributed by atoms with Crippen molar-refractivity contribution in [2.24, 2.45) is 0 Å². The first-order valence-electron chi connectivity index (χ1n) is 6.39. The van der Waals surface area contributed by atoms with Gasteiger partial charge in [-0.2, -0.15) is 0 Å². The molecular weight excluding hydrogens is 327 g/mol. The van der Waals surface area contributed by atoms with E-state index in [2.05, 4.69) is 0 Å². The van der Waals surface area contributed by atoms with Crippen molar-refractivity contribution in [2.75, 3.05) is 0 Å². The lowest BCUT2D eigenvalue weighted by Crippen LogP contribution is -2.19. The Balaban J connectivity index is 2.04. The number of carboxylic acid groups (broad SMARTS) is 1. The molecule has 0 aliphatic rings. The van der Waals surface area contributed by atoms with Crippen molar-refractivity contribution in [3.05, 3.63) is 69.7 Å². The molecule has 0 radical (unpaired) electrons. The molecule has 5 heteroatoms. The highest BCUT2D eigenvalue weighted by atomic mass is 35.5. The monoisotopic (exact) mass is 340 g/mol. The maximum Gasteiger partial charge on any atom is 0.316 e. The lowest BCUT2D eigenvalue weighted by molar-refractivity contribution is -0.136. The van der Waals surface area contributed by atoms with Crippen LogP contribution in [-0.2, 0) is 17.0 Å². The number of hydrogen-bond donors (Lipinski definition) is 1. The summed E-state index contributed by atoms with van der Waals surface area (Å²) in [4.78, 5) is 11.4. The van der Waals surface area contributed by atoms with Gasteiger partial charge in [0, 0.05) is 5.75 Å². The largest absolute Gasteiger partial charge is 0.480 e. The first kappa shape index (κ1) is 16.2. The summed E-state index contributed by atoms with van der Waals surface area (Å²) in [5.41, 5.74) is 1.86. The molecule has 1 N–H and O–H groups in total. The normalized spacial score (nSPS) is 12.1. The third kappa shape index (κ3) is 4.67. The zero-order chi connectivity index (χ0) is 15.2.